The Balaban J connectivity index is 1.73. The van der Waals surface area contributed by atoms with Crippen molar-refractivity contribution in [1.29, 1.82) is 0 Å². The van der Waals surface area contributed by atoms with Crippen LogP contribution in [0, 0.1) is 0 Å². The van der Waals surface area contributed by atoms with E-state index in [2.05, 4.69) is 17.0 Å². The second-order valence-electron chi connectivity index (χ2n) is 8.66. The van der Waals surface area contributed by atoms with Gasteiger partial charge in [-0.1, -0.05) is 24.8 Å². The van der Waals surface area contributed by atoms with Crippen LogP contribution in [-0.2, 0) is 23.4 Å². The van der Waals surface area contributed by atoms with Crippen LogP contribution in [-0.4, -0.2) is 64.4 Å². The number of hydrogen-bond donors (Lipinski definition) is 3. The molecule has 0 radical (unpaired) electrons. The van der Waals surface area contributed by atoms with E-state index in [4.69, 9.17) is 30.7 Å². The van der Waals surface area contributed by atoms with Crippen LogP contribution in [0.3, 0.4) is 0 Å². The highest BCUT2D eigenvalue weighted by molar-refractivity contribution is 7.80. The summed E-state index contributed by atoms with van der Waals surface area (Å²) in [5.41, 5.74) is 1.28. The lowest BCUT2D eigenvalue weighted by Crippen LogP contribution is -2.49. The molecule has 0 amide bonds. The van der Waals surface area contributed by atoms with Gasteiger partial charge >= 0.3 is 13.7 Å². The first-order chi connectivity index (χ1) is 16.9. The molecule has 2 aliphatic heterocycles. The van der Waals surface area contributed by atoms with Crippen LogP contribution >= 0.6 is 20.0 Å². The number of aliphatic hydroxyl groups excluding tert-OH is 1. The summed E-state index contributed by atoms with van der Waals surface area (Å²) < 4.78 is 50.6. The van der Waals surface area contributed by atoms with E-state index in [1.54, 1.807) is 57.3 Å². The van der Waals surface area contributed by atoms with Crippen molar-refractivity contribution in [1.82, 2.24) is 15.3 Å². The van der Waals surface area contributed by atoms with E-state index in [-0.39, 0.29) is 17.0 Å². The lowest BCUT2D eigenvalue weighted by Gasteiger charge is -2.33. The first kappa shape index (κ1) is 28.2. The highest BCUT2D eigenvalue weighted by Gasteiger charge is 2.49. The van der Waals surface area contributed by atoms with E-state index in [0.717, 1.165) is 0 Å². The number of allylic oxidation sites excluding steroid dienone is 1. The number of carbonyl (C=O) groups is 1. The van der Waals surface area contributed by atoms with Crippen molar-refractivity contribution in [3.63, 3.8) is 0 Å². The number of alkyl halides is 1. The number of para-hydroxylation sites is 1. The monoisotopic (exact) mass is 543 g/mol. The predicted octanol–water partition coefficient (Wildman–Crippen LogP) is 3.15. The molecule has 198 valence electrons. The molecule has 3 rings (SSSR count). The number of benzene rings is 1. The van der Waals surface area contributed by atoms with Gasteiger partial charge in [-0.15, -0.1) is 0 Å². The molecule has 1 fully saturated rings. The normalized spacial score (nSPS) is 26.8. The summed E-state index contributed by atoms with van der Waals surface area (Å²) in [7, 11) is -4.22. The Kier molecular flexibility index (Phi) is 9.26. The maximum Gasteiger partial charge on any atom is 0.459 e. The fourth-order valence-electron chi connectivity index (χ4n) is 3.40. The molecule has 2 aliphatic rings. The number of rotatable bonds is 10. The molecule has 1 saturated heterocycles. The van der Waals surface area contributed by atoms with Gasteiger partial charge in [-0.05, 0) is 57.6 Å². The molecule has 10 nitrogen and oxygen atoms in total. The van der Waals surface area contributed by atoms with Gasteiger partial charge in [0.2, 0.25) is 0 Å². The third-order valence-corrected chi connectivity index (χ3v) is 7.26. The maximum absolute atomic E-state index is 15.0. The Labute approximate surface area is 215 Å². The molecule has 0 bridgehead atoms. The van der Waals surface area contributed by atoms with Crippen LogP contribution in [0.2, 0.25) is 0 Å². The lowest BCUT2D eigenvalue weighted by molar-refractivity contribution is -0.149. The van der Waals surface area contributed by atoms with Gasteiger partial charge in [-0.3, -0.25) is 14.2 Å². The molecule has 13 heteroatoms. The van der Waals surface area contributed by atoms with Crippen molar-refractivity contribution in [3.05, 3.63) is 54.4 Å². The molecule has 6 atom stereocenters. The number of nitrogens with one attached hydrogen (secondary N) is 2. The summed E-state index contributed by atoms with van der Waals surface area (Å²) in [5.74, 6) is -0.459. The van der Waals surface area contributed by atoms with Crippen LogP contribution in [0.15, 0.2) is 54.4 Å². The summed E-state index contributed by atoms with van der Waals surface area (Å²) in [5, 5.41) is 16.0. The third-order valence-electron chi connectivity index (χ3n) is 5.30. The van der Waals surface area contributed by atoms with Crippen LogP contribution in [0.1, 0.15) is 27.7 Å². The van der Waals surface area contributed by atoms with Crippen molar-refractivity contribution in [2.75, 3.05) is 6.61 Å². The van der Waals surface area contributed by atoms with Crippen LogP contribution < -0.4 is 14.9 Å². The molecule has 0 saturated carbocycles. The molecule has 1 aromatic carbocycles. The van der Waals surface area contributed by atoms with Gasteiger partial charge in [-0.25, -0.2) is 8.96 Å². The molecule has 3 N–H and O–H groups in total. The fraction of sp³-hybridized carbons (Fsp3) is 0.478. The second kappa shape index (κ2) is 11.8. The average Bonchev–Trinajstić information content (AvgIpc) is 3.08. The summed E-state index contributed by atoms with van der Waals surface area (Å²) >= 11 is 5.25. The quantitative estimate of drug-likeness (QED) is 0.229. The van der Waals surface area contributed by atoms with Gasteiger partial charge in [0.1, 0.15) is 24.0 Å². The van der Waals surface area contributed by atoms with Crippen molar-refractivity contribution in [2.45, 2.75) is 64.4 Å². The first-order valence-corrected chi connectivity index (χ1v) is 13.3. The maximum atomic E-state index is 15.0. The molecule has 0 aromatic heterocycles. The molecule has 3 unspecified atom stereocenters. The number of halogens is 1. The van der Waals surface area contributed by atoms with Crippen molar-refractivity contribution in [2.24, 2.45) is 0 Å². The predicted molar refractivity (Wildman–Crippen MR) is 134 cm³/mol. The van der Waals surface area contributed by atoms with E-state index in [1.807, 2.05) is 0 Å². The zero-order chi connectivity index (χ0) is 26.6. The number of hydrogen-bond acceptors (Lipinski definition) is 8. The number of esters is 1. The Morgan fingerprint density at radius 3 is 2.67 bits per heavy atom. The van der Waals surface area contributed by atoms with Gasteiger partial charge in [0.15, 0.2) is 17.5 Å². The van der Waals surface area contributed by atoms with E-state index in [0.29, 0.717) is 11.3 Å². The Hall–Kier alpha value is -2.34. The van der Waals surface area contributed by atoms with Crippen molar-refractivity contribution >= 4 is 31.0 Å². The summed E-state index contributed by atoms with van der Waals surface area (Å²) in [4.78, 5) is 13.6. The number of aliphatic hydroxyl groups is 1. The number of thiocarbonyl (C=S) groups is 1. The molecular formula is C23H31FN3O7PS. The van der Waals surface area contributed by atoms with Crippen molar-refractivity contribution in [3.8, 4) is 5.75 Å². The first-order valence-electron chi connectivity index (χ1n) is 11.3. The Morgan fingerprint density at radius 2 is 2.03 bits per heavy atom. The van der Waals surface area contributed by atoms with Crippen molar-refractivity contribution < 1.29 is 37.4 Å². The number of carbonyl (C=O) groups excluding carboxylic acids is 1. The minimum Gasteiger partial charge on any atom is -0.462 e. The van der Waals surface area contributed by atoms with Gasteiger partial charge in [-0.2, -0.15) is 5.09 Å². The molecule has 0 spiro atoms. The third kappa shape index (κ3) is 6.90. The SMILES string of the molecule is C=C1NC(=S)N([C@H]2OC(COP(=O)(N[C@@H](C)C(=O)OC(C)C)Oc3ccccc3)[C@@H](O)C2F)C=C1C. The highest BCUT2D eigenvalue weighted by atomic mass is 32.1. The van der Waals surface area contributed by atoms with Crippen LogP contribution in [0.4, 0.5) is 4.39 Å². The smallest absolute Gasteiger partial charge is 0.459 e. The topological polar surface area (TPSA) is 119 Å². The minimum atomic E-state index is -4.22. The molecule has 36 heavy (non-hydrogen) atoms. The molecule has 0 aliphatic carbocycles. The van der Waals surface area contributed by atoms with E-state index >= 15 is 4.39 Å². The summed E-state index contributed by atoms with van der Waals surface area (Å²) in [6, 6.07) is 7.11. The number of ether oxygens (including phenoxy) is 2. The van der Waals surface area contributed by atoms with Crippen LogP contribution in [0.5, 0.6) is 5.75 Å². The van der Waals surface area contributed by atoms with E-state index in [1.165, 1.54) is 11.8 Å². The minimum absolute atomic E-state index is 0.157. The second-order valence-corrected chi connectivity index (χ2v) is 10.7. The summed E-state index contributed by atoms with van der Waals surface area (Å²) in [6.07, 6.45) is -4.73. The summed E-state index contributed by atoms with van der Waals surface area (Å²) in [6.45, 7) is 9.87. The zero-order valence-electron chi connectivity index (χ0n) is 20.4. The zero-order valence-corrected chi connectivity index (χ0v) is 22.1. The Bertz CT molecular complexity index is 1060. The number of nitrogens with zero attached hydrogens (tertiary/aromatic N) is 1. The average molecular weight is 544 g/mol. The standard InChI is InChI=1S/C23H31FN3O7PS/c1-13(2)32-22(29)16(5)26-35(30,34-17-9-7-6-8-10-17)31-12-18-20(28)19(24)21(33-18)27-11-14(3)15(4)25-23(27)36/h6-11,13,16,18-21,28H,4,12H2,1-3,5H3,(H,25,36)(H,26,30)/t16-,18?,19?,20+,21-,35?/m0/s1. The highest BCUT2D eigenvalue weighted by Crippen LogP contribution is 2.46. The van der Waals surface area contributed by atoms with Gasteiger partial charge in [0, 0.05) is 11.9 Å². The van der Waals surface area contributed by atoms with E-state index in [9.17, 15) is 14.5 Å². The lowest BCUT2D eigenvalue weighted by atomic mass is 10.1. The largest absolute Gasteiger partial charge is 0.462 e. The van der Waals surface area contributed by atoms with Gasteiger partial charge in [0.25, 0.3) is 0 Å². The van der Waals surface area contributed by atoms with E-state index < -0.39 is 51.0 Å². The van der Waals surface area contributed by atoms with Crippen LogP contribution in [0.25, 0.3) is 0 Å². The van der Waals surface area contributed by atoms with Gasteiger partial charge in [0.05, 0.1) is 12.7 Å². The molecular weight excluding hydrogens is 512 g/mol. The van der Waals surface area contributed by atoms with Gasteiger partial charge < -0.3 is 24.4 Å². The Morgan fingerprint density at radius 1 is 1.36 bits per heavy atom. The molecule has 2 heterocycles. The molecule has 1 aromatic rings. The fourth-order valence-corrected chi connectivity index (χ4v) is 5.18.